The van der Waals surface area contributed by atoms with Gasteiger partial charge in [-0.15, -0.1) is 0 Å². The maximum Gasteiger partial charge on any atom is 0.470 e. The van der Waals surface area contributed by atoms with Crippen LogP contribution in [0.2, 0.25) is 0 Å². The number of aliphatic hydroxyl groups is 1. The van der Waals surface area contributed by atoms with Crippen molar-refractivity contribution in [3.05, 3.63) is 111 Å². The van der Waals surface area contributed by atoms with Crippen LogP contribution < -0.4 is 22.1 Å². The summed E-state index contributed by atoms with van der Waals surface area (Å²) in [4.78, 5) is 77.8. The number of methoxy groups -OCH3 is 1. The minimum Gasteiger partial charge on any atom is -0.386 e. The van der Waals surface area contributed by atoms with Crippen LogP contribution in [-0.4, -0.2) is 231 Å². The summed E-state index contributed by atoms with van der Waals surface area (Å²) in [5, 5.41) is 16.4. The van der Waals surface area contributed by atoms with Crippen LogP contribution >= 0.6 is 15.6 Å². The van der Waals surface area contributed by atoms with Gasteiger partial charge in [0.2, 0.25) is 17.5 Å². The first-order chi connectivity index (χ1) is 48.7. The van der Waals surface area contributed by atoms with Gasteiger partial charge in [-0.3, -0.25) is 41.4 Å². The third kappa shape index (κ3) is 27.0. The molecule has 3 aromatic rings. The molecule has 0 spiro atoms. The van der Waals surface area contributed by atoms with E-state index in [0.29, 0.717) is 54.6 Å². The molecule has 5 unspecified atom stereocenters. The first kappa shape index (κ1) is 87.4. The number of aromatic nitrogens is 2. The number of nitrogens with two attached hydrogens (primary N) is 1. The number of aryl methyl sites for hydroxylation is 1. The number of hydrogen-bond acceptors (Lipinski definition) is 24. The molecule has 42 heteroatoms. The van der Waals surface area contributed by atoms with Crippen molar-refractivity contribution >= 4 is 85.1 Å². The number of nitrogen functional groups attached to an aromatic ring is 1. The summed E-state index contributed by atoms with van der Waals surface area (Å²) in [6.07, 6.45) is 5.91. The fourth-order valence-corrected chi connectivity index (χ4v) is 15.6. The molecule has 1 aromatic heterocycles. The molecule has 2 aliphatic heterocycles. The highest BCUT2D eigenvalue weighted by molar-refractivity contribution is 7.86. The summed E-state index contributed by atoms with van der Waals surface area (Å²) < 4.78 is 204. The van der Waals surface area contributed by atoms with E-state index in [9.17, 15) is 90.3 Å². The number of aliphatic hydroxyl groups excluding tert-OH is 1. The van der Waals surface area contributed by atoms with Crippen LogP contribution in [0.5, 0.6) is 0 Å². The number of anilines is 1. The quantitative estimate of drug-likeness (QED) is 0.0127. The number of fused-ring (bicyclic) bond motifs is 2. The van der Waals surface area contributed by atoms with E-state index >= 15 is 0 Å². The lowest BCUT2D eigenvalue weighted by molar-refractivity contribution is -0.441. The molecule has 3 heterocycles. The summed E-state index contributed by atoms with van der Waals surface area (Å²) in [5.74, 6) is -2.22. The van der Waals surface area contributed by atoms with Crippen LogP contribution in [-0.2, 0) is 114 Å². The van der Waals surface area contributed by atoms with Crippen molar-refractivity contribution in [3.8, 4) is 0 Å². The Hall–Kier alpha value is -5.47. The molecule has 2 aromatic carbocycles. The van der Waals surface area contributed by atoms with E-state index < -0.39 is 115 Å². The minimum atomic E-state index is -5.29. The molecule has 0 saturated carbocycles. The zero-order valence-electron chi connectivity index (χ0n) is 57.5. The Bertz CT molecular complexity index is 4220. The van der Waals surface area contributed by atoms with Crippen molar-refractivity contribution in [2.75, 3.05) is 110 Å². The van der Waals surface area contributed by atoms with Gasteiger partial charge in [-0.2, -0.15) is 43.2 Å². The number of nitrogens with one attached hydrogen (secondary N) is 2. The molecule has 2 amide bonds. The Labute approximate surface area is 602 Å². The molecule has 3 aliphatic rings. The van der Waals surface area contributed by atoms with Crippen LogP contribution in [0.25, 0.3) is 0 Å². The largest absolute Gasteiger partial charge is 0.470 e. The van der Waals surface area contributed by atoms with E-state index in [1.165, 1.54) is 43.6 Å². The highest BCUT2D eigenvalue weighted by Gasteiger charge is 2.51. The molecule has 7 atom stereocenters. The van der Waals surface area contributed by atoms with Gasteiger partial charge in [0.15, 0.2) is 18.5 Å². The number of phosphoric acid groups is 2. The second-order valence-electron chi connectivity index (χ2n) is 25.1. The first-order valence-corrected chi connectivity index (χ1v) is 42.1. The standard InChI is InChI=1S/C62H92N6O30P2S4/c1-61(23-11-37-101(79,80)81)48(15-7-5-8-16-53-62(2,24-12-38-102(82,83)84)50-40-45(104(88,89)90)19-21-51(50)67(53)27-30-91-3)46(47-20-18-44(39-49(47)61)103(85,86)87)14-6-4-9-17-54(69)65-26-29-93-32-34-95-36-35-94-33-31-92-28-22-55(70)64-25-10-13-43-41-68(60(72)66-58(43)63)59-56(71)57(98-100(76,77)78)52(97-59)42-96-99(73,74)75/h5,7-8,15-16,18-21,39-41,46,52,56-57,59,71H,4,6,9-14,17,22-38,42H2,1-3H3,(H11-,63,64,65,66,69,70,72,73,74,75,76,77,78,79,80,81,82,83,84,85,86,87,88,89,90)/p+1/b7-5+,16-8+,48-15-/t46?,52-,56?,57?,59-,61?,62?/m1/s1. The number of amides is 2. The molecular formula is C62H93N6O30P2S4+. The van der Waals surface area contributed by atoms with Crippen molar-refractivity contribution in [1.82, 2.24) is 20.2 Å². The van der Waals surface area contributed by atoms with Crippen molar-refractivity contribution in [3.63, 3.8) is 0 Å². The zero-order chi connectivity index (χ0) is 76.9. The molecule has 6 rings (SSSR count). The smallest absolute Gasteiger partial charge is 0.386 e. The van der Waals surface area contributed by atoms with Crippen molar-refractivity contribution in [2.45, 2.75) is 142 Å². The third-order valence-corrected chi connectivity index (χ3v) is 21.9. The number of rotatable bonds is 47. The lowest BCUT2D eigenvalue weighted by atomic mass is 9.74. The van der Waals surface area contributed by atoms with E-state index in [2.05, 4.69) is 24.7 Å². The molecule has 0 bridgehead atoms. The van der Waals surface area contributed by atoms with Gasteiger partial charge in [0.1, 0.15) is 30.7 Å². The lowest BCUT2D eigenvalue weighted by Crippen LogP contribution is -2.38. The molecule has 36 nitrogen and oxygen atoms in total. The van der Waals surface area contributed by atoms with Gasteiger partial charge in [0.25, 0.3) is 40.5 Å². The number of ether oxygens (including phenoxy) is 6. The van der Waals surface area contributed by atoms with Gasteiger partial charge in [0, 0.05) is 73.8 Å². The molecule has 13 N–H and O–H groups in total. The maximum absolute atomic E-state index is 12.8. The highest BCUT2D eigenvalue weighted by atomic mass is 32.2. The van der Waals surface area contributed by atoms with E-state index in [1.807, 2.05) is 17.6 Å². The second-order valence-corrected chi connectivity index (χ2v) is 33.5. The van der Waals surface area contributed by atoms with Crippen LogP contribution in [0.15, 0.2) is 93.1 Å². The maximum atomic E-state index is 12.8. The Morgan fingerprint density at radius 3 is 1.88 bits per heavy atom. The van der Waals surface area contributed by atoms with Crippen LogP contribution in [0.3, 0.4) is 0 Å². The molecule has 1 saturated heterocycles. The molecule has 0 radical (unpaired) electrons. The minimum absolute atomic E-state index is 0.0226. The average molecular weight is 1590 g/mol. The first-order valence-electron chi connectivity index (χ1n) is 33.0. The lowest BCUT2D eigenvalue weighted by Gasteiger charge is -2.29. The molecule has 1 fully saturated rings. The fourth-order valence-electron chi connectivity index (χ4n) is 12.7. The molecule has 1 aliphatic carbocycles. The number of phosphoric ester groups is 2. The summed E-state index contributed by atoms with van der Waals surface area (Å²) in [7, 11) is -27.0. The van der Waals surface area contributed by atoms with Crippen molar-refractivity contribution in [1.29, 1.82) is 0 Å². The number of benzene rings is 2. The van der Waals surface area contributed by atoms with Gasteiger partial charge in [-0.25, -0.2) is 13.9 Å². The monoisotopic (exact) mass is 1590 g/mol. The summed E-state index contributed by atoms with van der Waals surface area (Å²) in [6, 6.07) is 8.40. The fraction of sp³-hybridized carbons (Fsp3) is 0.597. The Balaban J connectivity index is 0.904. The van der Waals surface area contributed by atoms with E-state index in [0.717, 1.165) is 15.7 Å². The normalized spacial score (nSPS) is 21.4. The Morgan fingerprint density at radius 2 is 1.28 bits per heavy atom. The number of hydrogen-bond donors (Lipinski definition) is 12. The number of carbonyl (C=O) groups excluding carboxylic acids is 2. The van der Waals surface area contributed by atoms with Crippen LogP contribution in [0.1, 0.15) is 119 Å². The summed E-state index contributed by atoms with van der Waals surface area (Å²) in [5.41, 5.74) is 6.82. The van der Waals surface area contributed by atoms with Gasteiger partial charge < -0.3 is 69.5 Å². The van der Waals surface area contributed by atoms with Gasteiger partial charge >= 0.3 is 21.3 Å². The van der Waals surface area contributed by atoms with Gasteiger partial charge in [0.05, 0.1) is 86.2 Å². The predicted molar refractivity (Wildman–Crippen MR) is 372 cm³/mol. The Morgan fingerprint density at radius 1 is 0.702 bits per heavy atom. The summed E-state index contributed by atoms with van der Waals surface area (Å²) in [6.45, 7) is 5.30. The topological polar surface area (TPSA) is 549 Å². The second kappa shape index (κ2) is 39.1. The van der Waals surface area contributed by atoms with Crippen LogP contribution in [0.4, 0.5) is 11.5 Å². The summed E-state index contributed by atoms with van der Waals surface area (Å²) >= 11 is 0. The molecule has 104 heavy (non-hydrogen) atoms. The van der Waals surface area contributed by atoms with Gasteiger partial charge in [-0.05, 0) is 93.7 Å². The predicted octanol–water partition coefficient (Wildman–Crippen LogP) is 2.87. The SMILES string of the molecule is COCC[N+]1=C(/C=C/C=C/C=C2/C(CCCCCC(=O)NCCOCCOCCOCCOCCC(=O)NCCCc3cn([C@@H]4O[C@H](COP(=O)(O)O)C(OP(=O)(O)O)C4O)c(=O)nc3N)c3ccc(S(=O)(=O)O)cc3C2(C)CCCS(=O)(=O)O)C(C)(CCCS(=O)(=O)O)c2cc(S(=O)(=O)O)ccc21. The van der Waals surface area contributed by atoms with Crippen molar-refractivity contribution in [2.24, 2.45) is 0 Å². The van der Waals surface area contributed by atoms with E-state index in [4.69, 9.17) is 43.9 Å². The number of unbranched alkanes of at least 4 members (excludes halogenated alkanes) is 2. The van der Waals surface area contributed by atoms with Crippen LogP contribution in [0, 0.1) is 0 Å². The Kier molecular flexibility index (Phi) is 32.8. The number of allylic oxidation sites excluding steroid dienone is 6. The number of nitrogens with zero attached hydrogens (tertiary/aromatic N) is 3. The molecular weight excluding hydrogens is 1500 g/mol. The average Bonchev–Trinajstić information content (AvgIpc) is 1.58. The van der Waals surface area contributed by atoms with E-state index in [-0.39, 0.29) is 163 Å². The van der Waals surface area contributed by atoms with Gasteiger partial charge in [-0.1, -0.05) is 55.7 Å². The van der Waals surface area contributed by atoms with E-state index in [1.54, 1.807) is 37.3 Å². The number of carbonyl (C=O) groups is 2. The van der Waals surface area contributed by atoms with Crippen molar-refractivity contribution < 1.29 is 137 Å². The highest BCUT2D eigenvalue weighted by Crippen LogP contribution is 2.55. The molecule has 584 valence electrons. The third-order valence-electron chi connectivity index (χ3n) is 17.6. The zero-order valence-corrected chi connectivity index (χ0v) is 62.5.